The Kier molecular flexibility index (Phi) is 5.19. The molecule has 0 radical (unpaired) electrons. The molecule has 0 fully saturated rings. The fraction of sp³-hybridized carbons (Fsp3) is 0.538. The van der Waals surface area contributed by atoms with Crippen molar-refractivity contribution in [2.45, 2.75) is 25.2 Å². The van der Waals surface area contributed by atoms with Crippen LogP contribution in [0.2, 0.25) is 19.1 Å². The number of hydrogen-bond donors (Lipinski definition) is 2. The van der Waals surface area contributed by atoms with E-state index in [-0.39, 0.29) is 6.61 Å². The third kappa shape index (κ3) is 3.25. The zero-order valence-electron chi connectivity index (χ0n) is 11.4. The van der Waals surface area contributed by atoms with Gasteiger partial charge in [0.2, 0.25) is 0 Å². The molecular formula is C13H22O4Si. The Hall–Kier alpha value is -1.04. The van der Waals surface area contributed by atoms with Crippen LogP contribution < -0.4 is 14.7 Å². The molecule has 18 heavy (non-hydrogen) atoms. The van der Waals surface area contributed by atoms with Crippen LogP contribution in [0.3, 0.4) is 0 Å². The lowest BCUT2D eigenvalue weighted by Crippen LogP contribution is -2.46. The first-order valence-electron chi connectivity index (χ1n) is 5.96. The molecule has 0 saturated carbocycles. The van der Waals surface area contributed by atoms with Gasteiger partial charge in [0.15, 0.2) is 0 Å². The second-order valence-electron chi connectivity index (χ2n) is 4.96. The molecule has 0 saturated heterocycles. The first-order valence-corrected chi connectivity index (χ1v) is 9.17. The van der Waals surface area contributed by atoms with Gasteiger partial charge in [0, 0.05) is 5.19 Å². The summed E-state index contributed by atoms with van der Waals surface area (Å²) in [5.41, 5.74) is 0. The van der Waals surface area contributed by atoms with Crippen molar-refractivity contribution >= 4 is 13.3 Å². The highest BCUT2D eigenvalue weighted by Gasteiger charge is 2.32. The Bertz CT molecular complexity index is 370. The number of ether oxygens (including phenoxy) is 2. The Morgan fingerprint density at radius 2 is 1.67 bits per heavy atom. The van der Waals surface area contributed by atoms with Crippen molar-refractivity contribution in [2.24, 2.45) is 0 Å². The summed E-state index contributed by atoms with van der Waals surface area (Å²) in [7, 11) is 1.31. The largest absolute Gasteiger partial charge is 0.497 e. The summed E-state index contributed by atoms with van der Waals surface area (Å²) >= 11 is 0. The van der Waals surface area contributed by atoms with E-state index in [1.165, 1.54) is 0 Å². The van der Waals surface area contributed by atoms with Gasteiger partial charge in [0.25, 0.3) is 0 Å². The summed E-state index contributed by atoms with van der Waals surface area (Å²) in [5.74, 6) is 1.58. The highest BCUT2D eigenvalue weighted by molar-refractivity contribution is 6.91. The monoisotopic (exact) mass is 270 g/mol. The van der Waals surface area contributed by atoms with Crippen molar-refractivity contribution < 1.29 is 19.7 Å². The summed E-state index contributed by atoms with van der Waals surface area (Å²) in [6, 6.07) is 6.25. The summed E-state index contributed by atoms with van der Waals surface area (Å²) in [5, 5.41) is 19.7. The minimum absolute atomic E-state index is 0.214. The molecule has 1 aromatic rings. The van der Waals surface area contributed by atoms with E-state index in [2.05, 4.69) is 13.1 Å². The van der Waals surface area contributed by atoms with Crippen molar-refractivity contribution in [3.05, 3.63) is 18.2 Å². The minimum Gasteiger partial charge on any atom is -0.497 e. The predicted molar refractivity (Wildman–Crippen MR) is 74.6 cm³/mol. The summed E-state index contributed by atoms with van der Waals surface area (Å²) < 4.78 is 10.8. The second kappa shape index (κ2) is 6.22. The number of aliphatic hydroxyl groups is 2. The van der Waals surface area contributed by atoms with Gasteiger partial charge in [-0.2, -0.15) is 0 Å². The molecule has 0 aliphatic rings. The molecule has 102 valence electrons. The average molecular weight is 270 g/mol. The number of rotatable bonds is 6. The molecule has 0 bridgehead atoms. The van der Waals surface area contributed by atoms with Crippen LogP contribution >= 0.6 is 0 Å². The first kappa shape index (κ1) is 15.0. The highest BCUT2D eigenvalue weighted by Crippen LogP contribution is 2.25. The lowest BCUT2D eigenvalue weighted by Gasteiger charge is -2.28. The maximum atomic E-state index is 9.69. The van der Waals surface area contributed by atoms with E-state index in [9.17, 15) is 5.11 Å². The van der Waals surface area contributed by atoms with Crippen molar-refractivity contribution in [1.29, 1.82) is 0 Å². The second-order valence-corrected chi connectivity index (χ2v) is 9.64. The lowest BCUT2D eigenvalue weighted by atomic mass is 10.3. The Morgan fingerprint density at radius 3 is 2.06 bits per heavy atom. The smallest absolute Gasteiger partial charge is 0.121 e. The maximum Gasteiger partial charge on any atom is 0.121 e. The minimum atomic E-state index is -1.95. The van der Waals surface area contributed by atoms with Crippen molar-refractivity contribution in [1.82, 2.24) is 0 Å². The highest BCUT2D eigenvalue weighted by atomic mass is 28.3. The zero-order valence-corrected chi connectivity index (χ0v) is 12.4. The molecule has 1 aromatic carbocycles. The van der Waals surface area contributed by atoms with Gasteiger partial charge in [0.05, 0.1) is 35.0 Å². The van der Waals surface area contributed by atoms with E-state index in [0.29, 0.717) is 6.04 Å². The Labute approximate surface area is 109 Å². The van der Waals surface area contributed by atoms with Crippen molar-refractivity contribution in [2.75, 3.05) is 20.8 Å². The fourth-order valence-electron chi connectivity index (χ4n) is 2.27. The lowest BCUT2D eigenvalue weighted by molar-refractivity contribution is 0.109. The molecule has 0 aromatic heterocycles. The molecule has 1 rings (SSSR count). The SMILES string of the molecule is COc1cccc(OC)c1[Si](C)(C)CC(O)CO. The molecule has 1 atom stereocenters. The standard InChI is InChI=1S/C13H22O4Si/c1-16-11-6-5-7-12(17-2)13(11)18(3,4)9-10(15)8-14/h5-7,10,14-15H,8-9H2,1-4H3. The molecule has 2 N–H and O–H groups in total. The zero-order chi connectivity index (χ0) is 13.8. The van der Waals surface area contributed by atoms with Gasteiger partial charge in [-0.05, 0) is 18.2 Å². The van der Waals surface area contributed by atoms with Gasteiger partial charge in [-0.15, -0.1) is 0 Å². The van der Waals surface area contributed by atoms with Gasteiger partial charge < -0.3 is 19.7 Å². The van der Waals surface area contributed by atoms with Gasteiger partial charge >= 0.3 is 0 Å². The first-order chi connectivity index (χ1) is 8.46. The van der Waals surface area contributed by atoms with Crippen LogP contribution in [0.1, 0.15) is 0 Å². The summed E-state index contributed by atoms with van der Waals surface area (Å²) in [4.78, 5) is 0. The third-order valence-corrected chi connectivity index (χ3v) is 6.40. The summed E-state index contributed by atoms with van der Waals surface area (Å²) in [6.45, 7) is 4.05. The number of methoxy groups -OCH3 is 2. The van der Waals surface area contributed by atoms with Crippen LogP contribution in [0, 0.1) is 0 Å². The summed E-state index contributed by atoms with van der Waals surface area (Å²) in [6.07, 6.45) is -0.693. The molecule has 0 spiro atoms. The molecule has 1 unspecified atom stereocenters. The number of aliphatic hydroxyl groups excluding tert-OH is 2. The van der Waals surface area contributed by atoms with Crippen LogP contribution in [0.15, 0.2) is 18.2 Å². The van der Waals surface area contributed by atoms with E-state index < -0.39 is 14.2 Å². The Balaban J connectivity index is 3.20. The van der Waals surface area contributed by atoms with Crippen LogP contribution in [-0.4, -0.2) is 45.2 Å². The van der Waals surface area contributed by atoms with Gasteiger partial charge in [-0.1, -0.05) is 19.2 Å². The van der Waals surface area contributed by atoms with Crippen LogP contribution in [-0.2, 0) is 0 Å². The van der Waals surface area contributed by atoms with Gasteiger partial charge in [-0.3, -0.25) is 0 Å². The van der Waals surface area contributed by atoms with Crippen LogP contribution in [0.4, 0.5) is 0 Å². The number of benzene rings is 1. The third-order valence-electron chi connectivity index (χ3n) is 3.06. The van der Waals surface area contributed by atoms with E-state index in [1.807, 2.05) is 18.2 Å². The van der Waals surface area contributed by atoms with Crippen LogP contribution in [0.5, 0.6) is 11.5 Å². The van der Waals surface area contributed by atoms with Crippen LogP contribution in [0.25, 0.3) is 0 Å². The molecular weight excluding hydrogens is 248 g/mol. The van der Waals surface area contributed by atoms with Gasteiger partial charge in [0.1, 0.15) is 11.5 Å². The molecule has 4 nitrogen and oxygen atoms in total. The normalized spacial score (nSPS) is 13.2. The predicted octanol–water partition coefficient (Wildman–Crippen LogP) is 0.972. The topological polar surface area (TPSA) is 58.9 Å². The molecule has 5 heteroatoms. The maximum absolute atomic E-state index is 9.69. The molecule has 0 amide bonds. The molecule has 0 aliphatic carbocycles. The van der Waals surface area contributed by atoms with E-state index in [4.69, 9.17) is 14.6 Å². The van der Waals surface area contributed by atoms with E-state index in [1.54, 1.807) is 14.2 Å². The van der Waals surface area contributed by atoms with Gasteiger partial charge in [-0.25, -0.2) is 0 Å². The Morgan fingerprint density at radius 1 is 1.17 bits per heavy atom. The van der Waals surface area contributed by atoms with E-state index >= 15 is 0 Å². The quantitative estimate of drug-likeness (QED) is 0.756. The van der Waals surface area contributed by atoms with Crippen molar-refractivity contribution in [3.63, 3.8) is 0 Å². The molecule has 0 heterocycles. The number of hydrogen-bond acceptors (Lipinski definition) is 4. The van der Waals surface area contributed by atoms with Crippen molar-refractivity contribution in [3.8, 4) is 11.5 Å². The van der Waals surface area contributed by atoms with E-state index in [0.717, 1.165) is 16.7 Å². The average Bonchev–Trinajstić information content (AvgIpc) is 2.36. The molecule has 0 aliphatic heterocycles. The fourth-order valence-corrected chi connectivity index (χ4v) is 5.49.